The maximum atomic E-state index is 13.6. The van der Waals surface area contributed by atoms with Gasteiger partial charge in [0.05, 0.1) is 35.4 Å². The molecule has 3 aromatic rings. The first-order chi connectivity index (χ1) is 19.2. The van der Waals surface area contributed by atoms with E-state index in [1.807, 2.05) is 11.9 Å². The molecule has 0 bridgehead atoms. The molecular weight excluding hydrogens is 579 g/mol. The van der Waals surface area contributed by atoms with E-state index < -0.39 is 15.9 Å². The topological polar surface area (TPSA) is 108 Å². The van der Waals surface area contributed by atoms with Gasteiger partial charge in [0.1, 0.15) is 0 Å². The van der Waals surface area contributed by atoms with Crippen LogP contribution in [0.2, 0.25) is 10.0 Å². The van der Waals surface area contributed by atoms with E-state index >= 15 is 0 Å². The summed E-state index contributed by atoms with van der Waals surface area (Å²) in [5.74, 6) is -0.690. The molecule has 1 N–H and O–H groups in total. The monoisotopic (exact) mass is 606 g/mol. The van der Waals surface area contributed by atoms with E-state index in [2.05, 4.69) is 5.32 Å². The van der Waals surface area contributed by atoms with Crippen LogP contribution in [0.15, 0.2) is 77.7 Å². The zero-order valence-corrected chi connectivity index (χ0v) is 24.0. The molecule has 3 aromatic carbocycles. The van der Waals surface area contributed by atoms with E-state index in [0.717, 1.165) is 4.47 Å². The van der Waals surface area contributed by atoms with E-state index in [0.29, 0.717) is 37.9 Å². The third-order valence-corrected chi connectivity index (χ3v) is 8.11. The number of rotatable bonds is 10. The van der Waals surface area contributed by atoms with Gasteiger partial charge in [-0.25, -0.2) is 5.01 Å². The standard InChI is InChI=1S/C27H28Cl2N4O6S/c1-2-32(31-14-16-38-17-15-31)26(34)19-30-27(35)20-8-11-23(12-9-20)40(36,37)33(22-6-4-3-5-7-22)39-25-13-10-21(28)18-24(25)29/h3-13,18H,2,14-17,19H2,1H3,(H,30,35). The Labute approximate surface area is 242 Å². The minimum Gasteiger partial charge on any atom is -0.379 e. The number of nitrogens with zero attached hydrogens (tertiary/aromatic N) is 3. The number of hydrogen-bond donors (Lipinski definition) is 1. The molecule has 10 nitrogen and oxygen atoms in total. The summed E-state index contributed by atoms with van der Waals surface area (Å²) in [5.41, 5.74) is 0.420. The van der Waals surface area contributed by atoms with Crippen LogP contribution in [-0.2, 0) is 19.6 Å². The maximum absolute atomic E-state index is 13.6. The van der Waals surface area contributed by atoms with Gasteiger partial charge >= 0.3 is 0 Å². The number of halogens is 2. The summed E-state index contributed by atoms with van der Waals surface area (Å²) < 4.78 is 33.4. The first-order valence-electron chi connectivity index (χ1n) is 12.5. The van der Waals surface area contributed by atoms with Crippen LogP contribution in [0.1, 0.15) is 17.3 Å². The highest BCUT2D eigenvalue weighted by Crippen LogP contribution is 2.32. The molecule has 0 radical (unpaired) electrons. The molecule has 2 amide bonds. The van der Waals surface area contributed by atoms with Gasteiger partial charge in [-0.15, -0.1) is 0 Å². The molecule has 1 heterocycles. The number of hydrogen-bond acceptors (Lipinski definition) is 7. The third kappa shape index (κ3) is 7.04. The predicted octanol–water partition coefficient (Wildman–Crippen LogP) is 4.01. The van der Waals surface area contributed by atoms with Crippen LogP contribution in [0.4, 0.5) is 5.69 Å². The van der Waals surface area contributed by atoms with Crippen molar-refractivity contribution < 1.29 is 27.6 Å². The number of ether oxygens (including phenoxy) is 1. The molecule has 0 aliphatic carbocycles. The fourth-order valence-electron chi connectivity index (χ4n) is 3.98. The fourth-order valence-corrected chi connectivity index (χ4v) is 5.67. The lowest BCUT2D eigenvalue weighted by Gasteiger charge is -2.36. The first-order valence-corrected chi connectivity index (χ1v) is 14.6. The number of carbonyl (C=O) groups is 2. The second-order valence-electron chi connectivity index (χ2n) is 8.62. The number of hydrazine groups is 1. The number of likely N-dealkylation sites (N-methyl/N-ethyl adjacent to an activating group) is 1. The first kappa shape index (κ1) is 29.6. The number of anilines is 1. The maximum Gasteiger partial charge on any atom is 0.295 e. The Bertz CT molecular complexity index is 1440. The highest BCUT2D eigenvalue weighted by atomic mass is 35.5. The van der Waals surface area contributed by atoms with Crippen LogP contribution in [-0.4, -0.2) is 69.6 Å². The van der Waals surface area contributed by atoms with Crippen molar-refractivity contribution in [3.8, 4) is 5.75 Å². The number of benzene rings is 3. The van der Waals surface area contributed by atoms with E-state index in [1.165, 1.54) is 42.5 Å². The van der Waals surface area contributed by atoms with Gasteiger partial charge in [0.2, 0.25) is 0 Å². The lowest BCUT2D eigenvalue weighted by atomic mass is 10.2. The summed E-state index contributed by atoms with van der Waals surface area (Å²) in [6, 6.07) is 17.9. The van der Waals surface area contributed by atoms with Crippen LogP contribution in [0, 0.1) is 0 Å². The van der Waals surface area contributed by atoms with E-state index in [9.17, 15) is 18.0 Å². The number of sulfonamides is 1. The Hall–Kier alpha value is -3.35. The van der Waals surface area contributed by atoms with Crippen molar-refractivity contribution in [1.29, 1.82) is 0 Å². The smallest absolute Gasteiger partial charge is 0.295 e. The summed E-state index contributed by atoms with van der Waals surface area (Å²) in [7, 11) is -4.26. The van der Waals surface area contributed by atoms with Gasteiger partial charge in [-0.1, -0.05) is 45.9 Å². The zero-order valence-electron chi connectivity index (χ0n) is 21.6. The molecule has 1 aliphatic rings. The highest BCUT2D eigenvalue weighted by molar-refractivity contribution is 7.92. The van der Waals surface area contributed by atoms with Crippen molar-refractivity contribution >= 4 is 50.7 Å². The second-order valence-corrected chi connectivity index (χ2v) is 11.2. The average molecular weight is 608 g/mol. The highest BCUT2D eigenvalue weighted by Gasteiger charge is 2.29. The lowest BCUT2D eigenvalue weighted by Crippen LogP contribution is -2.53. The van der Waals surface area contributed by atoms with Crippen LogP contribution >= 0.6 is 23.2 Å². The van der Waals surface area contributed by atoms with E-state index in [1.54, 1.807) is 35.3 Å². The van der Waals surface area contributed by atoms with Crippen molar-refractivity contribution in [3.63, 3.8) is 0 Å². The van der Waals surface area contributed by atoms with Gasteiger partial charge in [0.25, 0.3) is 21.8 Å². The van der Waals surface area contributed by atoms with Gasteiger partial charge in [-0.3, -0.25) is 14.6 Å². The number of amides is 2. The number of nitrogens with one attached hydrogen (secondary N) is 1. The molecule has 0 aromatic heterocycles. The predicted molar refractivity (Wildman–Crippen MR) is 152 cm³/mol. The number of morpholine rings is 1. The normalized spacial score (nSPS) is 13.9. The Balaban J connectivity index is 1.48. The third-order valence-electron chi connectivity index (χ3n) is 5.99. The summed E-state index contributed by atoms with van der Waals surface area (Å²) >= 11 is 12.2. The summed E-state index contributed by atoms with van der Waals surface area (Å²) in [6.45, 7) is 4.37. The van der Waals surface area contributed by atoms with Gasteiger partial charge in [0.15, 0.2) is 5.75 Å². The van der Waals surface area contributed by atoms with Crippen molar-refractivity contribution in [2.45, 2.75) is 11.8 Å². The molecular formula is C27H28Cl2N4O6S. The molecule has 40 heavy (non-hydrogen) atoms. The molecule has 0 atom stereocenters. The molecule has 0 unspecified atom stereocenters. The summed E-state index contributed by atoms with van der Waals surface area (Å²) in [6.07, 6.45) is 0. The van der Waals surface area contributed by atoms with Crippen molar-refractivity contribution in [3.05, 3.63) is 88.4 Å². The minimum absolute atomic E-state index is 0.0809. The van der Waals surface area contributed by atoms with E-state index in [4.69, 9.17) is 32.8 Å². The number of carbonyl (C=O) groups excluding carboxylic acids is 2. The quantitative estimate of drug-likeness (QED) is 0.347. The van der Waals surface area contributed by atoms with Crippen LogP contribution in [0.25, 0.3) is 0 Å². The van der Waals surface area contributed by atoms with Crippen LogP contribution < -0.4 is 14.6 Å². The second kappa shape index (κ2) is 13.3. The van der Waals surface area contributed by atoms with Gasteiger partial charge in [-0.2, -0.15) is 8.42 Å². The van der Waals surface area contributed by atoms with Gasteiger partial charge in [0, 0.05) is 30.2 Å². The molecule has 4 rings (SSSR count). The average Bonchev–Trinajstić information content (AvgIpc) is 2.97. The SMILES string of the molecule is CCN(C(=O)CNC(=O)c1ccc(S(=O)(=O)N(Oc2ccc(Cl)cc2Cl)c2ccccc2)cc1)N1CCOCC1. The largest absolute Gasteiger partial charge is 0.379 e. The zero-order chi connectivity index (χ0) is 28.7. The van der Waals surface area contributed by atoms with Crippen LogP contribution in [0.5, 0.6) is 5.75 Å². The minimum atomic E-state index is -4.26. The molecule has 212 valence electrons. The summed E-state index contributed by atoms with van der Waals surface area (Å²) in [5, 5.41) is 6.58. The summed E-state index contributed by atoms with van der Waals surface area (Å²) in [4.78, 5) is 31.1. The van der Waals surface area contributed by atoms with Crippen molar-refractivity contribution in [2.24, 2.45) is 0 Å². The Morgan fingerprint density at radius 1 is 1.00 bits per heavy atom. The number of para-hydroxylation sites is 1. The molecule has 1 aliphatic heterocycles. The van der Waals surface area contributed by atoms with Crippen molar-refractivity contribution in [2.75, 3.05) is 43.9 Å². The molecule has 1 saturated heterocycles. The lowest BCUT2D eigenvalue weighted by molar-refractivity contribution is -0.155. The van der Waals surface area contributed by atoms with Gasteiger partial charge < -0.3 is 14.9 Å². The van der Waals surface area contributed by atoms with Crippen molar-refractivity contribution in [1.82, 2.24) is 15.3 Å². The van der Waals surface area contributed by atoms with Gasteiger partial charge in [-0.05, 0) is 61.5 Å². The molecule has 0 spiro atoms. The molecule has 0 saturated carbocycles. The van der Waals surface area contributed by atoms with Crippen LogP contribution in [0.3, 0.4) is 0 Å². The van der Waals surface area contributed by atoms with E-state index in [-0.39, 0.29) is 39.4 Å². The molecule has 13 heteroatoms. The Kier molecular flexibility index (Phi) is 9.88. The Morgan fingerprint density at radius 2 is 1.68 bits per heavy atom. The Morgan fingerprint density at radius 3 is 2.30 bits per heavy atom. The fraction of sp³-hybridized carbons (Fsp3) is 0.259. The molecule has 1 fully saturated rings.